The van der Waals surface area contributed by atoms with Gasteiger partial charge in [0.1, 0.15) is 0 Å². The van der Waals surface area contributed by atoms with Gasteiger partial charge in [-0.1, -0.05) is 175 Å². The molecular formula is C52H53Br5IK2NO13. The number of hydrogen-bond donors (Lipinski definition) is 3. The van der Waals surface area contributed by atoms with Crippen LogP contribution in [0.2, 0.25) is 0 Å². The zero-order chi connectivity index (χ0) is 54.8. The molecule has 7 rings (SSSR count). The molecule has 1 amide bonds. The van der Waals surface area contributed by atoms with E-state index < -0.39 is 11.9 Å². The van der Waals surface area contributed by atoms with Crippen LogP contribution in [-0.2, 0) is 42.4 Å². The largest absolute Gasteiger partial charge is 1.00 e. The summed E-state index contributed by atoms with van der Waals surface area (Å²) in [7, 11) is 4.46. The number of amides is 1. The fraction of sp³-hybridized carbons (Fsp3) is 0.192. The Morgan fingerprint density at radius 3 is 1.50 bits per heavy atom. The Kier molecular flexibility index (Phi) is 47.0. The van der Waals surface area contributed by atoms with Crippen molar-refractivity contribution in [2.45, 2.75) is 39.3 Å². The predicted octanol–water partition coefficient (Wildman–Crippen LogP) is 6.96. The van der Waals surface area contributed by atoms with Crippen molar-refractivity contribution < 1.29 is 168 Å². The van der Waals surface area contributed by atoms with Gasteiger partial charge >= 0.3 is 127 Å². The van der Waals surface area contributed by atoms with Crippen molar-refractivity contribution in [2.75, 3.05) is 26.3 Å². The number of benzene rings is 6. The van der Waals surface area contributed by atoms with Crippen molar-refractivity contribution in [3.05, 3.63) is 206 Å². The van der Waals surface area contributed by atoms with E-state index in [2.05, 4.69) is 122 Å². The van der Waals surface area contributed by atoms with Gasteiger partial charge in [0.15, 0.2) is 0 Å². The molecule has 6 aromatic carbocycles. The quantitative estimate of drug-likeness (QED) is 0.0268. The van der Waals surface area contributed by atoms with E-state index in [1.54, 1.807) is 63.4 Å². The molecule has 22 heteroatoms. The summed E-state index contributed by atoms with van der Waals surface area (Å²) in [6, 6.07) is 39.0. The molecule has 0 aromatic heterocycles. The third-order valence-corrected chi connectivity index (χ3v) is 11.6. The second-order valence-corrected chi connectivity index (χ2v) is 18.1. The van der Waals surface area contributed by atoms with Gasteiger partial charge in [0, 0.05) is 42.4 Å². The molecule has 0 fully saturated rings. The molecular weight excluding hydrogens is 1450 g/mol. The Hall–Kier alpha value is -1.54. The first-order valence-corrected chi connectivity index (χ1v) is 27.0. The van der Waals surface area contributed by atoms with E-state index in [0.717, 1.165) is 51.3 Å². The van der Waals surface area contributed by atoms with E-state index in [1.807, 2.05) is 96.8 Å². The zero-order valence-corrected chi connectivity index (χ0v) is 58.3. The van der Waals surface area contributed by atoms with Crippen molar-refractivity contribution in [3.63, 3.8) is 0 Å². The Morgan fingerprint density at radius 1 is 0.635 bits per heavy atom. The number of esters is 2. The van der Waals surface area contributed by atoms with Crippen LogP contribution in [0.5, 0.6) is 0 Å². The number of ether oxygens (including phenoxy) is 3. The maximum atomic E-state index is 11.3. The molecule has 6 aromatic rings. The van der Waals surface area contributed by atoms with Gasteiger partial charge in [-0.25, -0.2) is 19.2 Å². The maximum Gasteiger partial charge on any atom is 1.00 e. The third kappa shape index (κ3) is 31.2. The molecule has 0 bridgehead atoms. The number of aryl methyl sites for hydroxylation is 3. The number of rotatable bonds is 8. The summed E-state index contributed by atoms with van der Waals surface area (Å²) in [6.45, 7) is 6.63. The minimum Gasteiger partial charge on any atom is -1.00 e. The summed E-state index contributed by atoms with van der Waals surface area (Å²) in [5.41, 5.74) is 8.44. The number of alkyl halides is 2. The van der Waals surface area contributed by atoms with Crippen LogP contribution in [0, 0.1) is 20.8 Å². The molecule has 388 valence electrons. The second kappa shape index (κ2) is 45.3. The molecule has 0 aliphatic carbocycles. The molecule has 74 heavy (non-hydrogen) atoms. The van der Waals surface area contributed by atoms with Crippen LogP contribution in [0.1, 0.15) is 86.6 Å². The summed E-state index contributed by atoms with van der Waals surface area (Å²) in [4.78, 5) is 67.7. The number of halogens is 6. The number of nitrogens with one attached hydrogen (secondary N) is 1. The number of carboxylic acid groups (broad SMARTS) is 2. The molecule has 0 radical (unpaired) electrons. The van der Waals surface area contributed by atoms with Gasteiger partial charge in [0.2, 0.25) is 0 Å². The smallest absolute Gasteiger partial charge is 1.00 e. The van der Waals surface area contributed by atoms with Crippen LogP contribution in [0.25, 0.3) is 0 Å². The predicted molar refractivity (Wildman–Crippen MR) is 303 cm³/mol. The summed E-state index contributed by atoms with van der Waals surface area (Å²) in [5.74, 6) is -2.33. The van der Waals surface area contributed by atoms with Gasteiger partial charge in [-0.05, 0) is 114 Å². The van der Waals surface area contributed by atoms with E-state index in [0.29, 0.717) is 40.7 Å². The number of carbonyl (C=O) groups is 6. The molecule has 0 saturated heterocycles. The maximum absolute atomic E-state index is 11.3. The number of aromatic carboxylic acids is 2. The molecule has 1 aliphatic rings. The number of carbonyl (C=O) groups excluding carboxylic acids is 4. The minimum absolute atomic E-state index is 0. The molecule has 1 heterocycles. The van der Waals surface area contributed by atoms with Crippen molar-refractivity contribution in [1.82, 2.24) is 5.32 Å². The molecule has 14 nitrogen and oxygen atoms in total. The van der Waals surface area contributed by atoms with Gasteiger partial charge in [-0.3, -0.25) is 9.59 Å². The molecule has 0 saturated carbocycles. The zero-order valence-electron chi connectivity index (χ0n) is 43.0. The normalized spacial score (nSPS) is 9.62. The number of methoxy groups -OCH3 is 3. The first-order valence-electron chi connectivity index (χ1n) is 20.5. The molecule has 0 spiro atoms. The standard InChI is InChI=1S/C9H8Br2O2.C9H9BrO2.C8H6BrNO.C8H7BrO2.C8H8O2.C8H10O.CH3I.CH2O3.2K.H/c1-13-9(12)8-4-7(11)3-2-6(8)5-10;1-6-3-4-7(10)5-8(6)9(11)12-2;9-6-2-1-5-4-10-8(11)7(5)3-6;1-5-2-3-6(9)4-7(5)8(10)11;1-6-4-2-3-5-7(6)8(9)10;1-9-7-8-5-3-2-4-6-8;1-2;2-1-4-3;;;/h2-4H,5H2,1H3;3-5H,1-2H3;1-3H,4H2,(H,10,11);2-4H,1H3,(H,10,11);2-5H,1H3,(H,9,10);2-6H,7H2,1H3;1H3;1,3H;;;/q;;;;;;;;2*+1;-1/p-1. The van der Waals surface area contributed by atoms with Gasteiger partial charge in [-0.15, -0.1) is 0 Å². The van der Waals surface area contributed by atoms with Crippen molar-refractivity contribution in [1.29, 1.82) is 0 Å². The van der Waals surface area contributed by atoms with Gasteiger partial charge in [0.05, 0.1) is 43.1 Å². The Labute approximate surface area is 574 Å². The first-order chi connectivity index (χ1) is 34.3. The van der Waals surface area contributed by atoms with Crippen LogP contribution >= 0.6 is 102 Å². The monoisotopic (exact) mass is 1500 g/mol. The first kappa shape index (κ1) is 76.7. The fourth-order valence-electron chi connectivity index (χ4n) is 5.45. The average molecular weight is 1500 g/mol. The molecule has 0 atom stereocenters. The van der Waals surface area contributed by atoms with Crippen LogP contribution in [0.4, 0.5) is 0 Å². The van der Waals surface area contributed by atoms with E-state index in [4.69, 9.17) is 25.0 Å². The second-order valence-electron chi connectivity index (χ2n) is 13.9. The molecule has 3 N–H and O–H groups in total. The SMILES string of the molecule is CI.COC(=O)c1cc(Br)ccc1C.COC(=O)c1cc(Br)ccc1CBr.COCc1ccccc1.Cc1ccc(Br)cc1C(=O)O.Cc1ccccc1C(=O)O.O=C1NCc2ccc(Br)cc21.O=CO[O-].[H-].[K+].[K+]. The fourth-order valence-corrected chi connectivity index (χ4v) is 7.39. The summed E-state index contributed by atoms with van der Waals surface area (Å²) in [5, 5.41) is 29.1. The van der Waals surface area contributed by atoms with Gasteiger partial charge in [0.25, 0.3) is 12.4 Å². The average Bonchev–Trinajstić information content (AvgIpc) is 3.75. The van der Waals surface area contributed by atoms with Crippen molar-refractivity contribution in [3.8, 4) is 0 Å². The van der Waals surface area contributed by atoms with Crippen molar-refractivity contribution >= 4 is 138 Å². The number of carboxylic acids is 2. The van der Waals surface area contributed by atoms with Crippen LogP contribution in [0.15, 0.2) is 145 Å². The summed E-state index contributed by atoms with van der Waals surface area (Å²) < 4.78 is 17.7. The Morgan fingerprint density at radius 2 is 1.05 bits per heavy atom. The minimum atomic E-state index is -0.885. The summed E-state index contributed by atoms with van der Waals surface area (Å²) >= 11 is 18.6. The number of hydrogen-bond acceptors (Lipinski definition) is 11. The van der Waals surface area contributed by atoms with Crippen molar-refractivity contribution in [2.24, 2.45) is 0 Å². The number of fused-ring (bicyclic) bond motifs is 1. The molecule has 1 aliphatic heterocycles. The Bertz CT molecular complexity index is 2670. The van der Waals surface area contributed by atoms with Crippen LogP contribution in [-0.4, -0.2) is 72.7 Å². The van der Waals surface area contributed by atoms with E-state index in [1.165, 1.54) is 19.8 Å². The topological polar surface area (TPSA) is 215 Å². The van der Waals surface area contributed by atoms with Gasteiger partial charge in [-0.2, -0.15) is 0 Å². The summed E-state index contributed by atoms with van der Waals surface area (Å²) in [6.07, 6.45) is 0. The molecule has 0 unspecified atom stereocenters. The van der Waals surface area contributed by atoms with E-state index >= 15 is 0 Å². The third-order valence-electron chi connectivity index (χ3n) is 8.98. The van der Waals surface area contributed by atoms with Crippen LogP contribution in [0.3, 0.4) is 0 Å². The van der Waals surface area contributed by atoms with E-state index in [-0.39, 0.29) is 129 Å². The Balaban J connectivity index is -0.000000393. The van der Waals surface area contributed by atoms with E-state index in [9.17, 15) is 24.0 Å². The van der Waals surface area contributed by atoms with Gasteiger partial charge < -0.3 is 41.3 Å². The van der Waals surface area contributed by atoms with Crippen LogP contribution < -0.4 is 113 Å².